The zero-order valence-corrected chi connectivity index (χ0v) is 10.4. The number of hydrogen-bond acceptors (Lipinski definition) is 2. The van der Waals surface area contributed by atoms with Crippen molar-refractivity contribution in [3.63, 3.8) is 0 Å². The fourth-order valence-electron chi connectivity index (χ4n) is 1.60. The summed E-state index contributed by atoms with van der Waals surface area (Å²) in [7, 11) is 0. The first-order valence-corrected chi connectivity index (χ1v) is 5.83. The van der Waals surface area contributed by atoms with Crippen LogP contribution >= 0.6 is 23.8 Å². The third kappa shape index (κ3) is 2.71. The van der Waals surface area contributed by atoms with Crippen LogP contribution in [0.2, 0.25) is 5.02 Å². The van der Waals surface area contributed by atoms with Crippen LogP contribution in [-0.2, 0) is 6.42 Å². The summed E-state index contributed by atoms with van der Waals surface area (Å²) in [6, 6.07) is 7.88. The molecule has 0 aliphatic carbocycles. The fraction of sp³-hybridized carbons (Fsp3) is 0.273. The molecule has 0 bridgehead atoms. The highest BCUT2D eigenvalue weighted by Gasteiger charge is 2.08. The van der Waals surface area contributed by atoms with Crippen LogP contribution in [0.25, 0.3) is 0 Å². The van der Waals surface area contributed by atoms with Crippen LogP contribution in [0.3, 0.4) is 0 Å². The number of H-pyrrole nitrogens is 2. The minimum Gasteiger partial charge on any atom is -0.286 e. The van der Waals surface area contributed by atoms with Gasteiger partial charge in [-0.1, -0.05) is 30.7 Å². The Balaban J connectivity index is 2.11. The van der Waals surface area contributed by atoms with E-state index >= 15 is 0 Å². The summed E-state index contributed by atoms with van der Waals surface area (Å²) in [5, 5.41) is 6.50. The van der Waals surface area contributed by atoms with E-state index in [9.17, 15) is 0 Å². The summed E-state index contributed by atoms with van der Waals surface area (Å²) < 4.78 is 0.498. The van der Waals surface area contributed by atoms with E-state index in [-0.39, 0.29) is 0 Å². The molecule has 1 heterocycles. The number of hydrogen-bond donors (Lipinski definition) is 2. The van der Waals surface area contributed by atoms with Crippen LogP contribution < -0.4 is 0 Å². The summed E-state index contributed by atoms with van der Waals surface area (Å²) in [5.41, 5.74) is 1.24. The largest absolute Gasteiger partial charge is 0.286 e. The molecule has 2 N–H and O–H groups in total. The third-order valence-corrected chi connectivity index (χ3v) is 2.93. The maximum absolute atomic E-state index is 5.84. The van der Waals surface area contributed by atoms with Crippen LogP contribution in [-0.4, -0.2) is 15.2 Å². The molecule has 2 aromatic rings. The number of halogens is 1. The Kier molecular flexibility index (Phi) is 3.41. The Morgan fingerprint density at radius 1 is 1.31 bits per heavy atom. The lowest BCUT2D eigenvalue weighted by atomic mass is 9.98. The van der Waals surface area contributed by atoms with Crippen molar-refractivity contribution in [2.75, 3.05) is 0 Å². The number of benzene rings is 1. The lowest BCUT2D eigenvalue weighted by Gasteiger charge is -2.09. The molecule has 0 amide bonds. The third-order valence-electron chi connectivity index (χ3n) is 2.49. The zero-order valence-electron chi connectivity index (χ0n) is 8.83. The highest BCUT2D eigenvalue weighted by atomic mass is 35.5. The summed E-state index contributed by atoms with van der Waals surface area (Å²) in [5.74, 6) is 1.26. The van der Waals surface area contributed by atoms with Crippen LogP contribution in [0.5, 0.6) is 0 Å². The summed E-state index contributed by atoms with van der Waals surface area (Å²) in [4.78, 5) is 4.17. The molecule has 0 spiro atoms. The average molecular weight is 254 g/mol. The number of rotatable bonds is 3. The first-order chi connectivity index (χ1) is 7.65. The van der Waals surface area contributed by atoms with Crippen molar-refractivity contribution >= 4 is 23.8 Å². The van der Waals surface area contributed by atoms with Gasteiger partial charge >= 0.3 is 0 Å². The predicted molar refractivity (Wildman–Crippen MR) is 67.3 cm³/mol. The number of nitrogens with one attached hydrogen (secondary N) is 2. The second-order valence-corrected chi connectivity index (χ2v) is 4.59. The van der Waals surface area contributed by atoms with Crippen molar-refractivity contribution in [2.24, 2.45) is 0 Å². The fourth-order valence-corrected chi connectivity index (χ4v) is 1.89. The van der Waals surface area contributed by atoms with Gasteiger partial charge in [-0.2, -0.15) is 0 Å². The molecule has 0 aliphatic heterocycles. The molecule has 2 rings (SSSR count). The van der Waals surface area contributed by atoms with Crippen molar-refractivity contribution in [1.82, 2.24) is 15.2 Å². The van der Waals surface area contributed by atoms with Crippen LogP contribution in [0.4, 0.5) is 0 Å². The molecule has 0 saturated carbocycles. The van der Waals surface area contributed by atoms with Crippen LogP contribution in [0.15, 0.2) is 24.3 Å². The van der Waals surface area contributed by atoms with Gasteiger partial charge in [-0.05, 0) is 35.8 Å². The van der Waals surface area contributed by atoms with Gasteiger partial charge in [0.25, 0.3) is 0 Å². The van der Waals surface area contributed by atoms with Crippen molar-refractivity contribution in [1.29, 1.82) is 0 Å². The van der Waals surface area contributed by atoms with Crippen LogP contribution in [0, 0.1) is 4.77 Å². The molecule has 1 atom stereocenters. The minimum atomic E-state index is 0.381. The van der Waals surface area contributed by atoms with E-state index in [1.807, 2.05) is 24.3 Å². The number of aromatic amines is 2. The van der Waals surface area contributed by atoms with Gasteiger partial charge < -0.3 is 0 Å². The first kappa shape index (κ1) is 11.4. The summed E-state index contributed by atoms with van der Waals surface area (Å²) >= 11 is 10.7. The van der Waals surface area contributed by atoms with Gasteiger partial charge in [-0.3, -0.25) is 10.2 Å². The van der Waals surface area contributed by atoms with Crippen molar-refractivity contribution in [3.05, 3.63) is 45.4 Å². The molecule has 1 aromatic heterocycles. The van der Waals surface area contributed by atoms with Gasteiger partial charge in [0.1, 0.15) is 5.82 Å². The first-order valence-electron chi connectivity index (χ1n) is 5.04. The van der Waals surface area contributed by atoms with E-state index in [2.05, 4.69) is 22.1 Å². The normalized spacial score (nSPS) is 12.6. The molecule has 0 aliphatic rings. The Bertz CT molecular complexity index is 515. The molecule has 0 saturated heterocycles. The van der Waals surface area contributed by atoms with Crippen molar-refractivity contribution in [3.8, 4) is 0 Å². The smallest absolute Gasteiger partial charge is 0.213 e. The minimum absolute atomic E-state index is 0.381. The zero-order chi connectivity index (χ0) is 11.5. The van der Waals surface area contributed by atoms with E-state index in [4.69, 9.17) is 23.8 Å². The predicted octanol–water partition coefficient (Wildman–Crippen LogP) is 3.47. The highest BCUT2D eigenvalue weighted by Crippen LogP contribution is 2.20. The molecular formula is C11H12ClN3S. The van der Waals surface area contributed by atoms with Gasteiger partial charge in [-0.15, -0.1) is 0 Å². The SMILES string of the molecule is CC(Cc1nc(=S)[nH][nH]1)c1ccc(Cl)cc1. The molecule has 5 heteroatoms. The van der Waals surface area contributed by atoms with Gasteiger partial charge in [0.05, 0.1) is 0 Å². The number of nitrogens with zero attached hydrogens (tertiary/aromatic N) is 1. The monoisotopic (exact) mass is 253 g/mol. The van der Waals surface area contributed by atoms with Gasteiger partial charge in [0.15, 0.2) is 0 Å². The molecule has 84 valence electrons. The molecule has 0 radical (unpaired) electrons. The average Bonchev–Trinajstić information content (AvgIpc) is 2.65. The summed E-state index contributed by atoms with van der Waals surface area (Å²) in [6.07, 6.45) is 0.828. The van der Waals surface area contributed by atoms with E-state index in [0.29, 0.717) is 10.7 Å². The summed E-state index contributed by atoms with van der Waals surface area (Å²) in [6.45, 7) is 2.15. The maximum Gasteiger partial charge on any atom is 0.213 e. The second kappa shape index (κ2) is 4.80. The second-order valence-electron chi connectivity index (χ2n) is 3.77. The Morgan fingerprint density at radius 2 is 2.00 bits per heavy atom. The van der Waals surface area contributed by atoms with Crippen molar-refractivity contribution < 1.29 is 0 Å². The molecule has 16 heavy (non-hydrogen) atoms. The van der Waals surface area contributed by atoms with Gasteiger partial charge in [0.2, 0.25) is 4.77 Å². The number of aromatic nitrogens is 3. The molecular weight excluding hydrogens is 242 g/mol. The Morgan fingerprint density at radius 3 is 2.56 bits per heavy atom. The molecule has 1 aromatic carbocycles. The van der Waals surface area contributed by atoms with Crippen LogP contribution in [0.1, 0.15) is 24.2 Å². The van der Waals surface area contributed by atoms with E-state index < -0.39 is 0 Å². The van der Waals surface area contributed by atoms with E-state index in [1.54, 1.807) is 0 Å². The van der Waals surface area contributed by atoms with Gasteiger partial charge in [0, 0.05) is 11.4 Å². The lowest BCUT2D eigenvalue weighted by Crippen LogP contribution is -2.00. The Labute approximate surface area is 104 Å². The highest BCUT2D eigenvalue weighted by molar-refractivity contribution is 7.71. The standard InChI is InChI=1S/C11H12ClN3S/c1-7(6-10-13-11(16)15-14-10)8-2-4-9(12)5-3-8/h2-5,7H,6H2,1H3,(H2,13,14,15,16). The lowest BCUT2D eigenvalue weighted by molar-refractivity contribution is 0.721. The molecule has 1 unspecified atom stereocenters. The maximum atomic E-state index is 5.84. The van der Waals surface area contributed by atoms with E-state index in [1.165, 1.54) is 5.56 Å². The molecule has 0 fully saturated rings. The van der Waals surface area contributed by atoms with E-state index in [0.717, 1.165) is 17.3 Å². The quantitative estimate of drug-likeness (QED) is 0.823. The van der Waals surface area contributed by atoms with Gasteiger partial charge in [-0.25, -0.2) is 4.98 Å². The Hall–Kier alpha value is -1.13. The van der Waals surface area contributed by atoms with Crippen molar-refractivity contribution in [2.45, 2.75) is 19.3 Å². The topological polar surface area (TPSA) is 44.5 Å². The molecule has 3 nitrogen and oxygen atoms in total.